The third-order valence-electron chi connectivity index (χ3n) is 5.09. The van der Waals surface area contributed by atoms with Gasteiger partial charge in [0.2, 0.25) is 0 Å². The Morgan fingerprint density at radius 1 is 0.769 bits per heavy atom. The van der Waals surface area contributed by atoms with Crippen LogP contribution in [0.1, 0.15) is 44.9 Å². The molecule has 2 aliphatic rings. The van der Waals surface area contributed by atoms with E-state index in [1.807, 2.05) is 0 Å². The Morgan fingerprint density at radius 3 is 2.19 bits per heavy atom. The molecule has 2 aromatic rings. The molecule has 1 fully saturated rings. The average Bonchev–Trinajstić information content (AvgIpc) is 2.72. The molecule has 0 heterocycles. The molecule has 2 heteroatoms. The van der Waals surface area contributed by atoms with E-state index in [0.717, 1.165) is 11.7 Å². The van der Waals surface area contributed by atoms with Crippen molar-refractivity contribution in [3.8, 4) is 0 Å². The molecule has 134 valence electrons. The summed E-state index contributed by atoms with van der Waals surface area (Å²) in [4.78, 5) is 5.75. The van der Waals surface area contributed by atoms with Crippen molar-refractivity contribution >= 4 is 22.7 Å². The first-order valence-electron chi connectivity index (χ1n) is 9.83. The van der Waals surface area contributed by atoms with Gasteiger partial charge in [0.1, 0.15) is 0 Å². The molecule has 1 unspecified atom stereocenters. The monoisotopic (exact) mass is 379 g/mol. The van der Waals surface area contributed by atoms with Crippen LogP contribution in [0.4, 0.5) is 0 Å². The lowest BCUT2D eigenvalue weighted by Crippen LogP contribution is -2.08. The average molecular weight is 380 g/mol. The van der Waals surface area contributed by atoms with E-state index >= 15 is 0 Å². The maximum absolute atomic E-state index is 2.43. The zero-order valence-corrected chi connectivity index (χ0v) is 16.9. The fraction of sp³-hybridized carbons (Fsp3) is 0.333. The van der Waals surface area contributed by atoms with Gasteiger partial charge >= 0.3 is 0 Å². The summed E-state index contributed by atoms with van der Waals surface area (Å²) in [5.41, 5.74) is 0. The molecule has 2 aromatic carbocycles. The van der Waals surface area contributed by atoms with Gasteiger partial charge in [0.05, 0.1) is 10.9 Å². The van der Waals surface area contributed by atoms with Gasteiger partial charge in [-0.05, 0) is 74.2 Å². The van der Waals surface area contributed by atoms with Crippen molar-refractivity contribution in [2.75, 3.05) is 0 Å². The highest BCUT2D eigenvalue weighted by Crippen LogP contribution is 2.36. The highest BCUT2D eigenvalue weighted by atomic mass is 32.2. The smallest absolute Gasteiger partial charge is 0.123 e. The van der Waals surface area contributed by atoms with E-state index < -0.39 is 0 Å². The van der Waals surface area contributed by atoms with E-state index in [1.165, 1.54) is 58.1 Å². The molecule has 0 N–H and O–H groups in total. The Hall–Kier alpha value is -1.38. The molecule has 0 aromatic heterocycles. The van der Waals surface area contributed by atoms with Gasteiger partial charge in [0.15, 0.2) is 14.7 Å². The van der Waals surface area contributed by atoms with Crippen LogP contribution in [-0.4, -0.2) is 5.25 Å². The maximum Gasteiger partial charge on any atom is 0.166 e. The fourth-order valence-corrected chi connectivity index (χ4v) is 7.15. The molecule has 0 saturated heterocycles. The van der Waals surface area contributed by atoms with Gasteiger partial charge in [-0.15, -0.1) is 11.8 Å². The molecule has 0 radical (unpaired) electrons. The number of thioether (sulfide) groups is 1. The van der Waals surface area contributed by atoms with Crippen LogP contribution in [-0.2, 0) is 10.9 Å². The minimum Gasteiger partial charge on any atom is -0.123 e. The molecular formula is C24H27S2+. The van der Waals surface area contributed by atoms with Gasteiger partial charge in [-0.1, -0.05) is 43.5 Å². The molecule has 0 aliphatic heterocycles. The third-order valence-corrected chi connectivity index (χ3v) is 8.70. The van der Waals surface area contributed by atoms with Crippen LogP contribution in [0, 0.1) is 0 Å². The molecular weight excluding hydrogens is 352 g/mol. The molecule has 0 amide bonds. The Balaban J connectivity index is 1.57. The highest BCUT2D eigenvalue weighted by molar-refractivity contribution is 8.01. The Kier molecular flexibility index (Phi) is 6.24. The van der Waals surface area contributed by atoms with Gasteiger partial charge in [-0.2, -0.15) is 0 Å². The summed E-state index contributed by atoms with van der Waals surface area (Å²) in [6.07, 6.45) is 16.5. The second-order valence-electron chi connectivity index (χ2n) is 7.05. The zero-order valence-electron chi connectivity index (χ0n) is 15.3. The van der Waals surface area contributed by atoms with E-state index in [1.54, 1.807) is 0 Å². The largest absolute Gasteiger partial charge is 0.166 e. The summed E-state index contributed by atoms with van der Waals surface area (Å²) in [7, 11) is 0.0124. The van der Waals surface area contributed by atoms with Crippen molar-refractivity contribution in [3.63, 3.8) is 0 Å². The highest BCUT2D eigenvalue weighted by Gasteiger charge is 2.30. The summed E-state index contributed by atoms with van der Waals surface area (Å²) in [6.45, 7) is 0. The van der Waals surface area contributed by atoms with Crippen LogP contribution in [0.5, 0.6) is 0 Å². The molecule has 0 bridgehead atoms. The van der Waals surface area contributed by atoms with Gasteiger partial charge in [0, 0.05) is 10.1 Å². The molecule has 0 spiro atoms. The summed E-state index contributed by atoms with van der Waals surface area (Å²) >= 11 is 2.09. The van der Waals surface area contributed by atoms with Crippen LogP contribution < -0.4 is 0 Å². The first-order chi connectivity index (χ1) is 12.9. The number of allylic oxidation sites excluding steroid dienone is 3. The molecule has 2 aliphatic carbocycles. The molecule has 4 rings (SSSR count). The van der Waals surface area contributed by atoms with Gasteiger partial charge in [-0.25, -0.2) is 0 Å². The maximum atomic E-state index is 2.43. The van der Waals surface area contributed by atoms with Crippen molar-refractivity contribution in [3.05, 3.63) is 77.7 Å². The van der Waals surface area contributed by atoms with Crippen molar-refractivity contribution in [1.82, 2.24) is 0 Å². The number of hydrogen-bond acceptors (Lipinski definition) is 1. The van der Waals surface area contributed by atoms with Gasteiger partial charge < -0.3 is 0 Å². The van der Waals surface area contributed by atoms with E-state index in [4.69, 9.17) is 0 Å². The minimum absolute atomic E-state index is 0.0124. The summed E-state index contributed by atoms with van der Waals surface area (Å²) in [5.74, 6) is 0. The minimum atomic E-state index is 0.0124. The summed E-state index contributed by atoms with van der Waals surface area (Å²) in [6, 6.07) is 20.4. The second kappa shape index (κ2) is 9.01. The zero-order chi connectivity index (χ0) is 17.6. The van der Waals surface area contributed by atoms with E-state index in [-0.39, 0.29) is 10.9 Å². The normalized spacial score (nSPS) is 19.2. The first-order valence-corrected chi connectivity index (χ1v) is 11.9. The van der Waals surface area contributed by atoms with Crippen LogP contribution in [0.15, 0.2) is 92.4 Å². The number of rotatable bonds is 5. The van der Waals surface area contributed by atoms with E-state index in [0.29, 0.717) is 0 Å². The van der Waals surface area contributed by atoms with Crippen molar-refractivity contribution in [2.45, 2.75) is 64.9 Å². The second-order valence-corrected chi connectivity index (χ2v) is 10.5. The van der Waals surface area contributed by atoms with Crippen LogP contribution >= 0.6 is 11.8 Å². The van der Waals surface area contributed by atoms with E-state index in [9.17, 15) is 0 Å². The number of hydrogen-bond donors (Lipinski definition) is 0. The summed E-state index contributed by atoms with van der Waals surface area (Å²) in [5, 5.41) is 0.825. The Labute approximate surface area is 165 Å². The lowest BCUT2D eigenvalue weighted by molar-refractivity contribution is 0.516. The SMILES string of the molecule is C1=CC([S+](c2ccccc2)c2ccc(SC3CCCCC3)cc2)=CCC1. The Morgan fingerprint density at radius 2 is 1.50 bits per heavy atom. The Bertz CT molecular complexity index is 753. The van der Waals surface area contributed by atoms with Gasteiger partial charge in [0.25, 0.3) is 0 Å². The van der Waals surface area contributed by atoms with Gasteiger partial charge in [-0.3, -0.25) is 0 Å². The molecule has 26 heavy (non-hydrogen) atoms. The molecule has 1 atom stereocenters. The standard InChI is InChI=1S/C24H27S2/c1-4-10-20(11-5-1)25-21-16-18-24(19-17-21)26(22-12-6-2-7-13-22)23-14-8-3-9-15-23/h2,6-8,12-20H,1,3-5,9-11H2/q+1. The molecule has 0 nitrogen and oxygen atoms in total. The lowest BCUT2D eigenvalue weighted by Gasteiger charge is -2.20. The number of benzene rings is 2. The topological polar surface area (TPSA) is 0 Å². The quantitative estimate of drug-likeness (QED) is 0.488. The first kappa shape index (κ1) is 18.0. The lowest BCUT2D eigenvalue weighted by atomic mass is 10.0. The van der Waals surface area contributed by atoms with Crippen molar-refractivity contribution in [1.29, 1.82) is 0 Å². The predicted molar refractivity (Wildman–Crippen MR) is 116 cm³/mol. The van der Waals surface area contributed by atoms with Crippen LogP contribution in [0.2, 0.25) is 0 Å². The fourth-order valence-electron chi connectivity index (χ4n) is 3.74. The van der Waals surface area contributed by atoms with Crippen LogP contribution in [0.3, 0.4) is 0 Å². The third kappa shape index (κ3) is 4.47. The van der Waals surface area contributed by atoms with Crippen molar-refractivity contribution in [2.24, 2.45) is 0 Å². The molecule has 1 saturated carbocycles. The van der Waals surface area contributed by atoms with E-state index in [2.05, 4.69) is 84.6 Å². The predicted octanol–water partition coefficient (Wildman–Crippen LogP) is 7.38. The van der Waals surface area contributed by atoms with Crippen LogP contribution in [0.25, 0.3) is 0 Å². The van der Waals surface area contributed by atoms with Crippen molar-refractivity contribution < 1.29 is 0 Å². The summed E-state index contributed by atoms with van der Waals surface area (Å²) < 4.78 is 0.